The van der Waals surface area contributed by atoms with Crippen molar-refractivity contribution < 1.29 is 30.7 Å². The summed E-state index contributed by atoms with van der Waals surface area (Å²) in [7, 11) is 0. The average molecular weight is 260 g/mol. The van der Waals surface area contributed by atoms with Crippen LogP contribution in [-0.4, -0.2) is 0 Å². The molecule has 0 aliphatic carbocycles. The van der Waals surface area contributed by atoms with Crippen LogP contribution in [0.3, 0.4) is 0 Å². The van der Waals surface area contributed by atoms with E-state index in [1.54, 1.807) is 0 Å². The summed E-state index contributed by atoms with van der Waals surface area (Å²) in [5, 5.41) is 0. The van der Waals surface area contributed by atoms with Crippen molar-refractivity contribution in [2.24, 2.45) is 0 Å². The number of hydrogen-bond donors (Lipinski definition) is 0. The molecule has 0 saturated carbocycles. The van der Waals surface area contributed by atoms with Crippen molar-refractivity contribution in [2.45, 2.75) is 0 Å². The van der Waals surface area contributed by atoms with Crippen molar-refractivity contribution in [1.29, 1.82) is 0 Å². The summed E-state index contributed by atoms with van der Waals surface area (Å²) >= 11 is 0. The van der Waals surface area contributed by atoms with E-state index in [2.05, 4.69) is 33.5 Å². The minimum Gasteiger partial charge on any atom is -0.0952 e. The van der Waals surface area contributed by atoms with Crippen LogP contribution in [0.4, 0.5) is 0 Å². The summed E-state index contributed by atoms with van der Waals surface area (Å²) in [6, 6.07) is 9.93. The fourth-order valence-electron chi connectivity index (χ4n) is 0.674. The molecule has 0 atom stereocenters. The average Bonchev–Trinajstić information content (AvgIpc) is 2.38. The zero-order chi connectivity index (χ0) is 12.7. The smallest absolute Gasteiger partial charge is 0 e. The topological polar surface area (TPSA) is 59.7 Å². The van der Waals surface area contributed by atoms with Gasteiger partial charge in [-0.1, -0.05) is 36.9 Å². The molecule has 16 heavy (non-hydrogen) atoms. The molecule has 0 amide bonds. The molecule has 3 nitrogen and oxygen atoms in total. The van der Waals surface area contributed by atoms with Crippen LogP contribution in [0.15, 0.2) is 36.9 Å². The van der Waals surface area contributed by atoms with E-state index in [4.69, 9.17) is 14.0 Å². The second kappa shape index (κ2) is 23.5. The molecule has 4 heteroatoms. The summed E-state index contributed by atoms with van der Waals surface area (Å²) in [5.41, 5.74) is 1.98. The van der Waals surface area contributed by atoms with E-state index in [-0.39, 0.29) is 16.8 Å². The molecular formula is C12H9CoO3. The summed E-state index contributed by atoms with van der Waals surface area (Å²) in [6.07, 6.45) is 0. The Hall–Kier alpha value is -1.31. The molecule has 0 unspecified atom stereocenters. The molecule has 0 bridgehead atoms. The van der Waals surface area contributed by atoms with Crippen molar-refractivity contribution >= 4 is 5.57 Å². The fourth-order valence-corrected chi connectivity index (χ4v) is 0.674. The standard InChI is InChI=1S/C9H9.3CO.Co/c1-8(2)9-6-4-3-5-7-9;3*1-2;/h3-7H,1-2H2;;;;. The Balaban J connectivity index is -0.0000000900. The Labute approximate surface area is 106 Å². The quantitative estimate of drug-likeness (QED) is 0.550. The second-order valence-corrected chi connectivity index (χ2v) is 1.97. The predicted octanol–water partition coefficient (Wildman–Crippen LogP) is 2.42. The normalized spacial score (nSPS) is 5.44. The van der Waals surface area contributed by atoms with Crippen molar-refractivity contribution in [3.05, 3.63) is 69.3 Å². The van der Waals surface area contributed by atoms with Gasteiger partial charge in [0, 0.05) is 16.8 Å². The molecule has 1 aromatic carbocycles. The third-order valence-corrected chi connectivity index (χ3v) is 1.18. The van der Waals surface area contributed by atoms with Gasteiger partial charge < -0.3 is 0 Å². The van der Waals surface area contributed by atoms with Gasteiger partial charge in [0.2, 0.25) is 0 Å². The first-order valence-corrected chi connectivity index (χ1v) is 3.48. The molecule has 0 aromatic heterocycles. The monoisotopic (exact) mass is 260 g/mol. The molecule has 0 fully saturated rings. The molecule has 0 aliphatic heterocycles. The number of benzene rings is 1. The Morgan fingerprint density at radius 2 is 1.19 bits per heavy atom. The van der Waals surface area contributed by atoms with E-state index < -0.39 is 0 Å². The summed E-state index contributed by atoms with van der Waals surface area (Å²) in [6.45, 7) is 20.9. The van der Waals surface area contributed by atoms with Gasteiger partial charge in [-0.05, 0) is 18.1 Å². The minimum absolute atomic E-state index is 0. The molecule has 1 rings (SSSR count). The van der Waals surface area contributed by atoms with E-state index in [1.165, 1.54) is 0 Å². The van der Waals surface area contributed by atoms with Crippen LogP contribution < -0.4 is 0 Å². The zero-order valence-corrected chi connectivity index (χ0v) is 9.40. The molecule has 0 spiro atoms. The third-order valence-electron chi connectivity index (χ3n) is 1.18. The fraction of sp³-hybridized carbons (Fsp3) is 0. The largest absolute Gasteiger partial charge is 0.0952 e. The van der Waals surface area contributed by atoms with Crippen LogP contribution in [0, 0.1) is 26.9 Å². The first kappa shape index (κ1) is 24.1. The maximum atomic E-state index is 7.50. The maximum absolute atomic E-state index is 7.50. The van der Waals surface area contributed by atoms with Gasteiger partial charge in [0.25, 0.3) is 0 Å². The van der Waals surface area contributed by atoms with Crippen molar-refractivity contribution in [3.63, 3.8) is 0 Å². The van der Waals surface area contributed by atoms with Crippen LogP contribution >= 0.6 is 0 Å². The van der Waals surface area contributed by atoms with Gasteiger partial charge in [-0.2, -0.15) is 0 Å². The summed E-state index contributed by atoms with van der Waals surface area (Å²) in [4.78, 5) is 0. The van der Waals surface area contributed by atoms with Crippen LogP contribution in [0.2, 0.25) is 0 Å². The SMILES string of the molecule is [C-]#[O+].[C-]#[O+].[C-]#[O+].[CH2]C(=C)c1ccccc1.[Co]. The molecule has 0 N–H and O–H groups in total. The zero-order valence-electron chi connectivity index (χ0n) is 8.36. The molecule has 0 saturated heterocycles. The van der Waals surface area contributed by atoms with E-state index in [0.29, 0.717) is 0 Å². The third kappa shape index (κ3) is 15.2. The van der Waals surface area contributed by atoms with Crippen LogP contribution in [0.25, 0.3) is 5.57 Å². The van der Waals surface area contributed by atoms with Crippen molar-refractivity contribution in [2.75, 3.05) is 0 Å². The molecule has 2 radical (unpaired) electrons. The van der Waals surface area contributed by atoms with Gasteiger partial charge in [0.1, 0.15) is 0 Å². The van der Waals surface area contributed by atoms with E-state index in [1.807, 2.05) is 30.3 Å². The molecule has 0 aliphatic rings. The molecule has 0 heterocycles. The van der Waals surface area contributed by atoms with Crippen LogP contribution in [0.1, 0.15) is 5.56 Å². The van der Waals surface area contributed by atoms with Gasteiger partial charge >= 0.3 is 33.9 Å². The second-order valence-electron chi connectivity index (χ2n) is 1.97. The number of hydrogen-bond acceptors (Lipinski definition) is 0. The van der Waals surface area contributed by atoms with Crippen LogP contribution in [-0.2, 0) is 30.7 Å². The van der Waals surface area contributed by atoms with Gasteiger partial charge in [0.15, 0.2) is 0 Å². The van der Waals surface area contributed by atoms with E-state index >= 15 is 0 Å². The minimum atomic E-state index is 0. The van der Waals surface area contributed by atoms with E-state index in [0.717, 1.165) is 11.1 Å². The van der Waals surface area contributed by atoms with Crippen LogP contribution in [0.5, 0.6) is 0 Å². The molecular weight excluding hydrogens is 251 g/mol. The Bertz CT molecular complexity index is 298. The first-order chi connectivity index (χ1) is 7.30. The maximum Gasteiger partial charge on any atom is 0 e. The van der Waals surface area contributed by atoms with E-state index in [9.17, 15) is 0 Å². The summed E-state index contributed by atoms with van der Waals surface area (Å²) in [5.74, 6) is 0. The van der Waals surface area contributed by atoms with Gasteiger partial charge in [-0.15, -0.1) is 0 Å². The molecule has 84 valence electrons. The Morgan fingerprint density at radius 3 is 1.38 bits per heavy atom. The Morgan fingerprint density at radius 1 is 0.875 bits per heavy atom. The number of allylic oxidation sites excluding steroid dienone is 1. The van der Waals surface area contributed by atoms with Gasteiger partial charge in [-0.3, -0.25) is 0 Å². The van der Waals surface area contributed by atoms with Crippen molar-refractivity contribution in [1.82, 2.24) is 0 Å². The predicted molar refractivity (Wildman–Crippen MR) is 52.6 cm³/mol. The van der Waals surface area contributed by atoms with Crippen molar-refractivity contribution in [3.8, 4) is 0 Å². The summed E-state index contributed by atoms with van der Waals surface area (Å²) < 4.78 is 22.5. The van der Waals surface area contributed by atoms with Gasteiger partial charge in [0.05, 0.1) is 0 Å². The number of rotatable bonds is 1. The molecule has 1 aromatic rings. The Kier molecular flexibility index (Phi) is 35.3. The van der Waals surface area contributed by atoms with Gasteiger partial charge in [-0.25, -0.2) is 0 Å². The first-order valence-electron chi connectivity index (χ1n) is 3.48.